The standard InChI is InChI=1S/C9H12Cl2N4.C2H6.CH4/c1-14-2-4-15(5-3-14)8-6-7(10)12-9(11)13-8;1-2;/h6H,2-5H2,1H3;1-2H3;1H4. The van der Waals surface area contributed by atoms with Crippen molar-refractivity contribution >= 4 is 29.0 Å². The lowest BCUT2D eigenvalue weighted by molar-refractivity contribution is 0.312. The van der Waals surface area contributed by atoms with Crippen molar-refractivity contribution in [2.45, 2.75) is 21.3 Å². The van der Waals surface area contributed by atoms with Gasteiger partial charge in [0.25, 0.3) is 0 Å². The van der Waals surface area contributed by atoms with E-state index in [4.69, 9.17) is 23.2 Å². The fraction of sp³-hybridized carbons (Fsp3) is 0.667. The lowest BCUT2D eigenvalue weighted by atomic mass is 10.3. The Labute approximate surface area is 120 Å². The summed E-state index contributed by atoms with van der Waals surface area (Å²) in [5.41, 5.74) is 0. The molecule has 104 valence electrons. The van der Waals surface area contributed by atoms with Gasteiger partial charge in [-0.15, -0.1) is 0 Å². The van der Waals surface area contributed by atoms with Gasteiger partial charge in [0.2, 0.25) is 5.28 Å². The van der Waals surface area contributed by atoms with Crippen molar-refractivity contribution in [2.75, 3.05) is 38.1 Å². The Morgan fingerprint density at radius 1 is 1.06 bits per heavy atom. The van der Waals surface area contributed by atoms with E-state index < -0.39 is 0 Å². The monoisotopic (exact) mass is 292 g/mol. The van der Waals surface area contributed by atoms with Crippen LogP contribution in [0.2, 0.25) is 10.4 Å². The second-order valence-electron chi connectivity index (χ2n) is 3.61. The molecule has 6 heteroatoms. The van der Waals surface area contributed by atoms with Gasteiger partial charge < -0.3 is 9.80 Å². The van der Waals surface area contributed by atoms with Crippen LogP contribution in [0.25, 0.3) is 0 Å². The normalized spacial score (nSPS) is 15.5. The van der Waals surface area contributed by atoms with Gasteiger partial charge >= 0.3 is 0 Å². The van der Waals surface area contributed by atoms with E-state index in [1.54, 1.807) is 6.07 Å². The van der Waals surface area contributed by atoms with Crippen molar-refractivity contribution in [3.8, 4) is 0 Å². The van der Waals surface area contributed by atoms with Gasteiger partial charge in [0.1, 0.15) is 11.0 Å². The molecular weight excluding hydrogens is 271 g/mol. The fourth-order valence-electron chi connectivity index (χ4n) is 1.58. The quantitative estimate of drug-likeness (QED) is 0.588. The van der Waals surface area contributed by atoms with Crippen LogP contribution in [0.1, 0.15) is 21.3 Å². The number of likely N-dealkylation sites (N-methyl/N-ethyl adjacent to an activating group) is 1. The van der Waals surface area contributed by atoms with Crippen LogP contribution in [0.5, 0.6) is 0 Å². The Bertz CT molecular complexity index is 332. The maximum Gasteiger partial charge on any atom is 0.225 e. The summed E-state index contributed by atoms with van der Waals surface area (Å²) in [5, 5.41) is 0.598. The summed E-state index contributed by atoms with van der Waals surface area (Å²) >= 11 is 11.6. The van der Waals surface area contributed by atoms with Gasteiger partial charge in [0.05, 0.1) is 0 Å². The first-order chi connectivity index (χ1) is 8.15. The van der Waals surface area contributed by atoms with Gasteiger partial charge in [-0.05, 0) is 18.6 Å². The van der Waals surface area contributed by atoms with Gasteiger partial charge in [-0.2, -0.15) is 0 Å². The van der Waals surface area contributed by atoms with Crippen LogP contribution in [0.15, 0.2) is 6.07 Å². The number of aromatic nitrogens is 2. The summed E-state index contributed by atoms with van der Waals surface area (Å²) in [6.07, 6.45) is 0. The van der Waals surface area contributed by atoms with Gasteiger partial charge in [-0.3, -0.25) is 0 Å². The maximum absolute atomic E-state index is 5.83. The highest BCUT2D eigenvalue weighted by atomic mass is 35.5. The molecule has 2 rings (SSSR count). The number of halogens is 2. The van der Waals surface area contributed by atoms with Gasteiger partial charge in [0.15, 0.2) is 0 Å². The lowest BCUT2D eigenvalue weighted by Crippen LogP contribution is -2.44. The van der Waals surface area contributed by atoms with Crippen LogP contribution in [-0.2, 0) is 0 Å². The van der Waals surface area contributed by atoms with E-state index in [0.29, 0.717) is 5.15 Å². The highest BCUT2D eigenvalue weighted by Gasteiger charge is 2.16. The van der Waals surface area contributed by atoms with Crippen LogP contribution < -0.4 is 4.90 Å². The van der Waals surface area contributed by atoms with Crippen LogP contribution in [-0.4, -0.2) is 48.1 Å². The molecule has 0 N–H and O–H groups in total. The van der Waals surface area contributed by atoms with Crippen LogP contribution >= 0.6 is 23.2 Å². The molecular formula is C12H22Cl2N4. The molecule has 0 unspecified atom stereocenters. The molecule has 2 heterocycles. The van der Waals surface area contributed by atoms with Crippen molar-refractivity contribution < 1.29 is 0 Å². The predicted molar refractivity (Wildman–Crippen MR) is 79.8 cm³/mol. The van der Waals surface area contributed by atoms with Crippen molar-refractivity contribution in [2.24, 2.45) is 0 Å². The minimum atomic E-state index is 0. The highest BCUT2D eigenvalue weighted by molar-refractivity contribution is 6.32. The molecule has 0 amide bonds. The smallest absolute Gasteiger partial charge is 0.225 e. The fourth-order valence-corrected chi connectivity index (χ4v) is 1.97. The molecule has 1 aromatic rings. The molecule has 0 radical (unpaired) electrons. The third-order valence-electron chi connectivity index (χ3n) is 2.48. The summed E-state index contributed by atoms with van der Waals surface area (Å²) in [6, 6.07) is 1.75. The van der Waals surface area contributed by atoms with E-state index in [1.807, 2.05) is 13.8 Å². The number of rotatable bonds is 1. The van der Waals surface area contributed by atoms with Crippen LogP contribution in [0, 0.1) is 0 Å². The molecule has 4 nitrogen and oxygen atoms in total. The Morgan fingerprint density at radius 2 is 1.61 bits per heavy atom. The minimum Gasteiger partial charge on any atom is -0.354 e. The molecule has 1 saturated heterocycles. The molecule has 0 aromatic carbocycles. The number of hydrogen-bond donors (Lipinski definition) is 0. The molecule has 0 bridgehead atoms. The molecule has 0 spiro atoms. The highest BCUT2D eigenvalue weighted by Crippen LogP contribution is 2.19. The first kappa shape index (κ1) is 17.4. The number of anilines is 1. The molecule has 18 heavy (non-hydrogen) atoms. The second-order valence-corrected chi connectivity index (χ2v) is 4.33. The zero-order valence-corrected chi connectivity index (χ0v) is 12.0. The summed E-state index contributed by atoms with van der Waals surface area (Å²) in [5.74, 6) is 0.813. The minimum absolute atomic E-state index is 0. The lowest BCUT2D eigenvalue weighted by Gasteiger charge is -2.33. The summed E-state index contributed by atoms with van der Waals surface area (Å²) in [7, 11) is 2.11. The van der Waals surface area contributed by atoms with Crippen molar-refractivity contribution in [3.63, 3.8) is 0 Å². The number of hydrogen-bond acceptors (Lipinski definition) is 4. The molecule has 1 aromatic heterocycles. The average Bonchev–Trinajstić information content (AvgIpc) is 2.31. The Hall–Kier alpha value is -0.580. The Morgan fingerprint density at radius 3 is 2.11 bits per heavy atom. The molecule has 0 atom stereocenters. The van der Waals surface area contributed by atoms with Crippen molar-refractivity contribution in [1.29, 1.82) is 0 Å². The van der Waals surface area contributed by atoms with Gasteiger partial charge in [-0.25, -0.2) is 9.97 Å². The van der Waals surface area contributed by atoms with E-state index in [1.165, 1.54) is 0 Å². The van der Waals surface area contributed by atoms with Gasteiger partial charge in [0, 0.05) is 32.2 Å². The SMILES string of the molecule is C.CC.CN1CCN(c2cc(Cl)nc(Cl)n2)CC1. The van der Waals surface area contributed by atoms with Crippen LogP contribution in [0.3, 0.4) is 0 Å². The summed E-state index contributed by atoms with van der Waals surface area (Å²) in [6.45, 7) is 7.94. The third kappa shape index (κ3) is 4.96. The topological polar surface area (TPSA) is 32.3 Å². The van der Waals surface area contributed by atoms with E-state index in [-0.39, 0.29) is 12.7 Å². The van der Waals surface area contributed by atoms with Crippen molar-refractivity contribution in [3.05, 3.63) is 16.5 Å². The molecule has 1 fully saturated rings. The van der Waals surface area contributed by atoms with E-state index >= 15 is 0 Å². The Balaban J connectivity index is 0.000000917. The third-order valence-corrected chi connectivity index (χ3v) is 2.84. The number of nitrogens with zero attached hydrogens (tertiary/aromatic N) is 4. The van der Waals surface area contributed by atoms with Crippen LogP contribution in [0.4, 0.5) is 5.82 Å². The summed E-state index contributed by atoms with van der Waals surface area (Å²) in [4.78, 5) is 12.4. The van der Waals surface area contributed by atoms with Crippen molar-refractivity contribution in [1.82, 2.24) is 14.9 Å². The first-order valence-electron chi connectivity index (χ1n) is 5.79. The van der Waals surface area contributed by atoms with Gasteiger partial charge in [-0.1, -0.05) is 32.9 Å². The summed E-state index contributed by atoms with van der Waals surface area (Å²) < 4.78 is 0. The largest absolute Gasteiger partial charge is 0.354 e. The first-order valence-corrected chi connectivity index (χ1v) is 6.54. The Kier molecular flexibility index (Phi) is 8.24. The average molecular weight is 293 g/mol. The number of piperazine rings is 1. The van der Waals surface area contributed by atoms with E-state index in [2.05, 4.69) is 26.8 Å². The molecule has 1 aliphatic heterocycles. The molecule has 0 saturated carbocycles. The second kappa shape index (κ2) is 8.51. The van der Waals surface area contributed by atoms with E-state index in [9.17, 15) is 0 Å². The van der Waals surface area contributed by atoms with E-state index in [0.717, 1.165) is 32.0 Å². The zero-order chi connectivity index (χ0) is 12.8. The predicted octanol–water partition coefficient (Wildman–Crippen LogP) is 3.20. The molecule has 1 aliphatic rings. The zero-order valence-electron chi connectivity index (χ0n) is 10.5. The molecule has 0 aliphatic carbocycles. The maximum atomic E-state index is 5.83.